The van der Waals surface area contributed by atoms with Crippen molar-refractivity contribution in [3.05, 3.63) is 23.8 Å². The lowest BCUT2D eigenvalue weighted by Gasteiger charge is -2.36. The number of rotatable bonds is 5. The molecule has 116 valence electrons. The Morgan fingerprint density at radius 2 is 2.00 bits per heavy atom. The molecule has 1 heterocycles. The minimum atomic E-state index is 0.0646. The van der Waals surface area contributed by atoms with Gasteiger partial charge in [-0.1, -0.05) is 6.07 Å². The Morgan fingerprint density at radius 1 is 1.24 bits per heavy atom. The van der Waals surface area contributed by atoms with Gasteiger partial charge in [-0.25, -0.2) is 0 Å². The van der Waals surface area contributed by atoms with Crippen molar-refractivity contribution in [1.29, 1.82) is 0 Å². The lowest BCUT2D eigenvalue weighted by atomic mass is 9.77. The van der Waals surface area contributed by atoms with Crippen LogP contribution < -0.4 is 15.2 Å². The normalized spacial score (nSPS) is 25.8. The number of fused-ring (bicyclic) bond motifs is 1. The van der Waals surface area contributed by atoms with E-state index in [0.29, 0.717) is 18.6 Å². The minimum absolute atomic E-state index is 0.0646. The molecule has 0 amide bonds. The molecule has 0 radical (unpaired) electrons. The van der Waals surface area contributed by atoms with Gasteiger partial charge in [-0.05, 0) is 49.8 Å². The molecule has 1 fully saturated rings. The molecule has 0 saturated heterocycles. The topological polar surface area (TPSA) is 53.7 Å². The van der Waals surface area contributed by atoms with Crippen LogP contribution in [0.3, 0.4) is 0 Å². The summed E-state index contributed by atoms with van der Waals surface area (Å²) in [4.78, 5) is 0. The molecule has 0 aromatic heterocycles. The summed E-state index contributed by atoms with van der Waals surface area (Å²) in [7, 11) is 0. The van der Waals surface area contributed by atoms with E-state index in [4.69, 9.17) is 19.9 Å². The van der Waals surface area contributed by atoms with Crippen LogP contribution in [0.1, 0.15) is 44.2 Å². The van der Waals surface area contributed by atoms with Gasteiger partial charge in [0.15, 0.2) is 11.5 Å². The van der Waals surface area contributed by atoms with E-state index in [9.17, 15) is 0 Å². The van der Waals surface area contributed by atoms with Crippen LogP contribution in [-0.4, -0.2) is 25.9 Å². The molecule has 21 heavy (non-hydrogen) atoms. The van der Waals surface area contributed by atoms with Crippen LogP contribution in [0.25, 0.3) is 0 Å². The summed E-state index contributed by atoms with van der Waals surface area (Å²) < 4.78 is 17.0. The summed E-state index contributed by atoms with van der Waals surface area (Å²) in [5.41, 5.74) is 7.50. The number of hydrogen-bond donors (Lipinski definition) is 1. The first kappa shape index (κ1) is 14.7. The zero-order valence-corrected chi connectivity index (χ0v) is 12.7. The molecule has 2 aliphatic rings. The van der Waals surface area contributed by atoms with Crippen molar-refractivity contribution >= 4 is 0 Å². The third kappa shape index (κ3) is 3.50. The molecule has 1 atom stereocenters. The average molecular weight is 291 g/mol. The third-order valence-corrected chi connectivity index (χ3v) is 4.38. The first-order chi connectivity index (χ1) is 10.3. The first-order valence-electron chi connectivity index (χ1n) is 8.03. The molecule has 1 saturated carbocycles. The van der Waals surface area contributed by atoms with E-state index in [0.717, 1.165) is 56.0 Å². The van der Waals surface area contributed by atoms with E-state index >= 15 is 0 Å². The minimum Gasteiger partial charge on any atom is -0.490 e. The summed E-state index contributed by atoms with van der Waals surface area (Å²) in [6.45, 7) is 4.30. The third-order valence-electron chi connectivity index (χ3n) is 4.38. The Balaban J connectivity index is 1.58. The van der Waals surface area contributed by atoms with Gasteiger partial charge in [0.2, 0.25) is 0 Å². The summed E-state index contributed by atoms with van der Waals surface area (Å²) in [5.74, 6) is 2.36. The molecule has 1 aliphatic carbocycles. The van der Waals surface area contributed by atoms with Crippen molar-refractivity contribution in [3.63, 3.8) is 0 Å². The predicted octanol–water partition coefficient (Wildman–Crippen LogP) is 3.05. The second-order valence-electron chi connectivity index (χ2n) is 6.01. The van der Waals surface area contributed by atoms with Crippen molar-refractivity contribution in [3.8, 4) is 11.5 Å². The fraction of sp³-hybridized carbons (Fsp3) is 0.647. The maximum atomic E-state index is 6.36. The molecular formula is C17H25NO3. The second kappa shape index (κ2) is 6.67. The predicted molar refractivity (Wildman–Crippen MR) is 81.7 cm³/mol. The van der Waals surface area contributed by atoms with Crippen molar-refractivity contribution in [2.24, 2.45) is 11.7 Å². The monoisotopic (exact) mass is 291 g/mol. The largest absolute Gasteiger partial charge is 0.490 e. The highest BCUT2D eigenvalue weighted by molar-refractivity contribution is 5.44. The molecule has 4 nitrogen and oxygen atoms in total. The summed E-state index contributed by atoms with van der Waals surface area (Å²) >= 11 is 0. The van der Waals surface area contributed by atoms with Gasteiger partial charge in [0.1, 0.15) is 0 Å². The summed E-state index contributed by atoms with van der Waals surface area (Å²) in [5, 5.41) is 0. The summed E-state index contributed by atoms with van der Waals surface area (Å²) in [6, 6.07) is 6.16. The molecule has 1 aliphatic heterocycles. The maximum Gasteiger partial charge on any atom is 0.161 e. The molecule has 1 aromatic carbocycles. The zero-order valence-electron chi connectivity index (χ0n) is 12.7. The second-order valence-corrected chi connectivity index (χ2v) is 6.01. The Bertz CT molecular complexity index is 471. The van der Waals surface area contributed by atoms with Crippen molar-refractivity contribution in [2.75, 3.05) is 19.8 Å². The van der Waals surface area contributed by atoms with E-state index < -0.39 is 0 Å². The van der Waals surface area contributed by atoms with Gasteiger partial charge in [0, 0.05) is 19.1 Å². The van der Waals surface area contributed by atoms with Gasteiger partial charge >= 0.3 is 0 Å². The van der Waals surface area contributed by atoms with E-state index in [1.807, 2.05) is 12.1 Å². The van der Waals surface area contributed by atoms with E-state index in [1.54, 1.807) is 0 Å². The smallest absolute Gasteiger partial charge is 0.161 e. The number of ether oxygens (including phenoxy) is 3. The fourth-order valence-corrected chi connectivity index (χ4v) is 3.14. The van der Waals surface area contributed by atoms with Crippen molar-refractivity contribution in [2.45, 2.75) is 44.8 Å². The first-order valence-corrected chi connectivity index (χ1v) is 8.03. The van der Waals surface area contributed by atoms with Gasteiger partial charge in [0.05, 0.1) is 19.3 Å². The maximum absolute atomic E-state index is 6.36. The van der Waals surface area contributed by atoms with Gasteiger partial charge in [-0.2, -0.15) is 0 Å². The Kier molecular flexibility index (Phi) is 4.66. The standard InChI is InChI=1S/C17H25NO3/c1-2-19-14-8-12(9-14)10-15(18)13-4-5-16-17(11-13)21-7-3-6-20-16/h4-5,11-12,14-15H,2-3,6-10,18H2,1H3. The Hall–Kier alpha value is -1.26. The molecule has 1 aromatic rings. The molecule has 3 rings (SSSR count). The highest BCUT2D eigenvalue weighted by atomic mass is 16.5. The van der Waals surface area contributed by atoms with Crippen LogP contribution in [0.15, 0.2) is 18.2 Å². The lowest BCUT2D eigenvalue weighted by Crippen LogP contribution is -2.33. The highest BCUT2D eigenvalue weighted by Gasteiger charge is 2.31. The van der Waals surface area contributed by atoms with Gasteiger partial charge in [0.25, 0.3) is 0 Å². The Morgan fingerprint density at radius 3 is 2.76 bits per heavy atom. The fourth-order valence-electron chi connectivity index (χ4n) is 3.14. The van der Waals surface area contributed by atoms with Crippen LogP contribution in [0.4, 0.5) is 0 Å². The molecule has 0 bridgehead atoms. The van der Waals surface area contributed by atoms with Gasteiger partial charge in [-0.3, -0.25) is 0 Å². The van der Waals surface area contributed by atoms with Gasteiger partial charge in [-0.15, -0.1) is 0 Å². The van der Waals surface area contributed by atoms with Gasteiger partial charge < -0.3 is 19.9 Å². The van der Waals surface area contributed by atoms with Crippen LogP contribution in [0, 0.1) is 5.92 Å². The van der Waals surface area contributed by atoms with E-state index in [1.165, 1.54) is 0 Å². The van der Waals surface area contributed by atoms with Crippen molar-refractivity contribution in [1.82, 2.24) is 0 Å². The van der Waals surface area contributed by atoms with E-state index in [2.05, 4.69) is 13.0 Å². The Labute approximate surface area is 126 Å². The highest BCUT2D eigenvalue weighted by Crippen LogP contribution is 2.38. The number of hydrogen-bond acceptors (Lipinski definition) is 4. The molecule has 2 N–H and O–H groups in total. The molecule has 0 spiro atoms. The SMILES string of the molecule is CCOC1CC(CC(N)c2ccc3c(c2)OCCCO3)C1. The molecule has 4 heteroatoms. The molecular weight excluding hydrogens is 266 g/mol. The lowest BCUT2D eigenvalue weighted by molar-refractivity contribution is -0.0282. The van der Waals surface area contributed by atoms with Crippen LogP contribution in [0.2, 0.25) is 0 Å². The zero-order chi connectivity index (χ0) is 14.7. The summed E-state index contributed by atoms with van der Waals surface area (Å²) in [6.07, 6.45) is 4.69. The van der Waals surface area contributed by atoms with Crippen LogP contribution in [0.5, 0.6) is 11.5 Å². The number of benzene rings is 1. The number of nitrogens with two attached hydrogens (primary N) is 1. The van der Waals surface area contributed by atoms with Crippen LogP contribution >= 0.6 is 0 Å². The van der Waals surface area contributed by atoms with E-state index in [-0.39, 0.29) is 6.04 Å². The quantitative estimate of drug-likeness (QED) is 0.906. The molecule has 1 unspecified atom stereocenters. The average Bonchev–Trinajstić information content (AvgIpc) is 2.69. The van der Waals surface area contributed by atoms with Crippen molar-refractivity contribution < 1.29 is 14.2 Å². The van der Waals surface area contributed by atoms with Crippen LogP contribution in [-0.2, 0) is 4.74 Å².